The van der Waals surface area contributed by atoms with Gasteiger partial charge >= 0.3 is 0 Å². The Kier molecular flexibility index (Phi) is 4.01. The van der Waals surface area contributed by atoms with E-state index in [2.05, 4.69) is 15.9 Å². The molecule has 0 amide bonds. The van der Waals surface area contributed by atoms with Crippen LogP contribution in [0.5, 0.6) is 5.75 Å². The Morgan fingerprint density at radius 1 is 1.12 bits per heavy atom. The monoisotopic (exact) mass is 304 g/mol. The smallest absolute Gasteiger partial charge is 0.228 e. The van der Waals surface area contributed by atoms with Crippen LogP contribution in [-0.2, 0) is 4.74 Å². The van der Waals surface area contributed by atoms with E-state index >= 15 is 0 Å². The van der Waals surface area contributed by atoms with Crippen LogP contribution in [0.15, 0.2) is 28.7 Å². The molecular formula is C11H13BrO5. The Hall–Kier alpha value is -0.660. The van der Waals surface area contributed by atoms with Gasteiger partial charge in [-0.25, -0.2) is 0 Å². The standard InChI is InChI=1S/C11H13BrO5/c12-6-1-3-7(4-2-6)17-11-10(15)9(14)8(13)5-16-11/h1-4,8-11,13-15H,5H2/t8-,9+,10+,11+/m0/s1. The van der Waals surface area contributed by atoms with Crippen LogP contribution in [0.1, 0.15) is 0 Å². The average Bonchev–Trinajstić information content (AvgIpc) is 2.33. The molecule has 17 heavy (non-hydrogen) atoms. The van der Waals surface area contributed by atoms with Gasteiger partial charge in [0, 0.05) is 4.47 Å². The molecular weight excluding hydrogens is 292 g/mol. The Bertz CT molecular complexity index is 369. The van der Waals surface area contributed by atoms with Crippen LogP contribution in [0, 0.1) is 0 Å². The quantitative estimate of drug-likeness (QED) is 0.731. The summed E-state index contributed by atoms with van der Waals surface area (Å²) in [6.07, 6.45) is -4.60. The zero-order valence-electron chi connectivity index (χ0n) is 8.86. The Balaban J connectivity index is 2.01. The second-order valence-corrected chi connectivity index (χ2v) is 4.74. The summed E-state index contributed by atoms with van der Waals surface area (Å²) in [5.74, 6) is 0.515. The van der Waals surface area contributed by atoms with E-state index in [0.717, 1.165) is 4.47 Å². The summed E-state index contributed by atoms with van der Waals surface area (Å²) in [6, 6.07) is 6.99. The van der Waals surface area contributed by atoms with Gasteiger partial charge in [-0.2, -0.15) is 0 Å². The zero-order chi connectivity index (χ0) is 12.4. The van der Waals surface area contributed by atoms with Gasteiger partial charge < -0.3 is 24.8 Å². The fraction of sp³-hybridized carbons (Fsp3) is 0.455. The van der Waals surface area contributed by atoms with E-state index < -0.39 is 24.6 Å². The first-order chi connectivity index (χ1) is 8.08. The summed E-state index contributed by atoms with van der Waals surface area (Å²) < 4.78 is 11.4. The van der Waals surface area contributed by atoms with Crippen LogP contribution in [0.3, 0.4) is 0 Å². The summed E-state index contributed by atoms with van der Waals surface area (Å²) in [5.41, 5.74) is 0. The van der Waals surface area contributed by atoms with Crippen molar-refractivity contribution >= 4 is 15.9 Å². The molecule has 0 aromatic heterocycles. The lowest BCUT2D eigenvalue weighted by atomic mass is 10.1. The molecule has 1 aromatic rings. The highest BCUT2D eigenvalue weighted by Gasteiger charge is 2.38. The van der Waals surface area contributed by atoms with E-state index in [0.29, 0.717) is 5.75 Å². The Morgan fingerprint density at radius 2 is 1.76 bits per heavy atom. The van der Waals surface area contributed by atoms with Gasteiger partial charge in [0.05, 0.1) is 6.61 Å². The molecule has 4 atom stereocenters. The van der Waals surface area contributed by atoms with E-state index in [1.54, 1.807) is 24.3 Å². The Morgan fingerprint density at radius 3 is 2.41 bits per heavy atom. The van der Waals surface area contributed by atoms with E-state index in [1.807, 2.05) is 0 Å². The molecule has 0 unspecified atom stereocenters. The van der Waals surface area contributed by atoms with Crippen molar-refractivity contribution in [3.63, 3.8) is 0 Å². The van der Waals surface area contributed by atoms with Gasteiger partial charge in [0.25, 0.3) is 0 Å². The molecule has 5 nitrogen and oxygen atoms in total. The molecule has 0 spiro atoms. The lowest BCUT2D eigenvalue weighted by molar-refractivity contribution is -0.242. The van der Waals surface area contributed by atoms with Crippen LogP contribution in [0.2, 0.25) is 0 Å². The number of benzene rings is 1. The second-order valence-electron chi connectivity index (χ2n) is 3.82. The first-order valence-corrected chi connectivity index (χ1v) is 5.95. The first kappa shape index (κ1) is 12.8. The molecule has 94 valence electrons. The predicted molar refractivity (Wildman–Crippen MR) is 62.5 cm³/mol. The number of aliphatic hydroxyl groups excluding tert-OH is 3. The molecule has 1 heterocycles. The van der Waals surface area contributed by atoms with E-state index in [-0.39, 0.29) is 6.61 Å². The molecule has 2 rings (SSSR count). The highest BCUT2D eigenvalue weighted by Crippen LogP contribution is 2.22. The molecule has 3 N–H and O–H groups in total. The summed E-state index contributed by atoms with van der Waals surface area (Å²) in [5, 5.41) is 28.4. The summed E-state index contributed by atoms with van der Waals surface area (Å²) in [4.78, 5) is 0. The van der Waals surface area contributed by atoms with Crippen molar-refractivity contribution in [2.24, 2.45) is 0 Å². The lowest BCUT2D eigenvalue weighted by Gasteiger charge is -2.34. The number of rotatable bonds is 2. The van der Waals surface area contributed by atoms with Crippen LogP contribution < -0.4 is 4.74 Å². The third kappa shape index (κ3) is 2.97. The molecule has 0 aliphatic carbocycles. The molecule has 1 aliphatic heterocycles. The fourth-order valence-corrected chi connectivity index (χ4v) is 1.79. The number of aliphatic hydroxyl groups is 3. The summed E-state index contributed by atoms with van der Waals surface area (Å²) in [7, 11) is 0. The molecule has 6 heteroatoms. The molecule has 1 aromatic carbocycles. The van der Waals surface area contributed by atoms with Gasteiger partial charge in [0.15, 0.2) is 0 Å². The topological polar surface area (TPSA) is 79.2 Å². The third-order valence-corrected chi connectivity index (χ3v) is 3.05. The highest BCUT2D eigenvalue weighted by molar-refractivity contribution is 9.10. The van der Waals surface area contributed by atoms with Crippen molar-refractivity contribution in [2.75, 3.05) is 6.61 Å². The van der Waals surface area contributed by atoms with Crippen molar-refractivity contribution in [1.82, 2.24) is 0 Å². The minimum absolute atomic E-state index is 0.0700. The molecule has 1 aliphatic rings. The molecule has 1 fully saturated rings. The number of halogens is 1. The second kappa shape index (κ2) is 5.32. The van der Waals surface area contributed by atoms with Crippen molar-refractivity contribution in [3.05, 3.63) is 28.7 Å². The van der Waals surface area contributed by atoms with Crippen molar-refractivity contribution in [1.29, 1.82) is 0 Å². The van der Waals surface area contributed by atoms with Gasteiger partial charge in [-0.1, -0.05) is 15.9 Å². The van der Waals surface area contributed by atoms with E-state index in [9.17, 15) is 15.3 Å². The zero-order valence-corrected chi connectivity index (χ0v) is 10.4. The number of ether oxygens (including phenoxy) is 2. The largest absolute Gasteiger partial charge is 0.462 e. The lowest BCUT2D eigenvalue weighted by Crippen LogP contribution is -2.54. The van der Waals surface area contributed by atoms with Crippen molar-refractivity contribution in [3.8, 4) is 5.75 Å². The summed E-state index contributed by atoms with van der Waals surface area (Å²) in [6.45, 7) is -0.0700. The van der Waals surface area contributed by atoms with Crippen molar-refractivity contribution in [2.45, 2.75) is 24.6 Å². The first-order valence-electron chi connectivity index (χ1n) is 5.16. The normalized spacial score (nSPS) is 33.4. The minimum atomic E-state index is -1.28. The molecule has 0 bridgehead atoms. The number of hydrogen-bond donors (Lipinski definition) is 3. The van der Waals surface area contributed by atoms with Crippen LogP contribution >= 0.6 is 15.9 Å². The van der Waals surface area contributed by atoms with Crippen LogP contribution in [0.4, 0.5) is 0 Å². The van der Waals surface area contributed by atoms with Gasteiger partial charge in [0.2, 0.25) is 6.29 Å². The maximum atomic E-state index is 9.65. The third-order valence-electron chi connectivity index (χ3n) is 2.52. The van der Waals surface area contributed by atoms with E-state index in [1.165, 1.54) is 0 Å². The summed E-state index contributed by atoms with van der Waals surface area (Å²) >= 11 is 3.29. The van der Waals surface area contributed by atoms with Gasteiger partial charge in [-0.05, 0) is 24.3 Å². The predicted octanol–water partition coefficient (Wildman–Crippen LogP) is 0.267. The minimum Gasteiger partial charge on any atom is -0.462 e. The average molecular weight is 305 g/mol. The SMILES string of the molecule is O[C@H]1[C@@H](Oc2ccc(Br)cc2)OC[C@H](O)[C@H]1O. The molecule has 0 radical (unpaired) electrons. The van der Waals surface area contributed by atoms with Gasteiger partial charge in [-0.15, -0.1) is 0 Å². The maximum absolute atomic E-state index is 9.65. The Labute approximate surface area is 107 Å². The van der Waals surface area contributed by atoms with Crippen LogP contribution in [-0.4, -0.2) is 46.5 Å². The highest BCUT2D eigenvalue weighted by atomic mass is 79.9. The molecule has 0 saturated carbocycles. The fourth-order valence-electron chi connectivity index (χ4n) is 1.53. The molecule has 1 saturated heterocycles. The van der Waals surface area contributed by atoms with Gasteiger partial charge in [-0.3, -0.25) is 0 Å². The number of hydrogen-bond acceptors (Lipinski definition) is 5. The maximum Gasteiger partial charge on any atom is 0.228 e. The van der Waals surface area contributed by atoms with Crippen molar-refractivity contribution < 1.29 is 24.8 Å². The van der Waals surface area contributed by atoms with Crippen LogP contribution in [0.25, 0.3) is 0 Å². The van der Waals surface area contributed by atoms with Gasteiger partial charge in [0.1, 0.15) is 24.1 Å². The van der Waals surface area contributed by atoms with E-state index in [4.69, 9.17) is 9.47 Å².